The number of fused-ring (bicyclic) bond motifs is 1. The third kappa shape index (κ3) is 3.77. The minimum Gasteiger partial charge on any atom is -0.493 e. The van der Waals surface area contributed by atoms with Gasteiger partial charge >= 0.3 is 0 Å². The van der Waals surface area contributed by atoms with Gasteiger partial charge in [0.05, 0.1) is 23.5 Å². The average molecular weight is 401 g/mol. The highest BCUT2D eigenvalue weighted by Gasteiger charge is 2.34. The molecule has 0 unspecified atom stereocenters. The summed E-state index contributed by atoms with van der Waals surface area (Å²) >= 11 is 0. The van der Waals surface area contributed by atoms with Gasteiger partial charge < -0.3 is 10.1 Å². The van der Waals surface area contributed by atoms with Gasteiger partial charge in [-0.2, -0.15) is 4.31 Å². The molecule has 6 nitrogen and oxygen atoms in total. The summed E-state index contributed by atoms with van der Waals surface area (Å²) in [6.45, 7) is 1.22. The maximum absolute atomic E-state index is 12.9. The Morgan fingerprint density at radius 2 is 1.79 bits per heavy atom. The van der Waals surface area contributed by atoms with E-state index in [2.05, 4.69) is 5.32 Å². The van der Waals surface area contributed by atoms with Crippen LogP contribution in [0.4, 0.5) is 0 Å². The number of para-hydroxylation sites is 1. The zero-order valence-corrected chi connectivity index (χ0v) is 16.4. The van der Waals surface area contributed by atoms with Gasteiger partial charge in [0.2, 0.25) is 15.9 Å². The Labute approximate surface area is 165 Å². The molecule has 1 N–H and O–H groups in total. The lowest BCUT2D eigenvalue weighted by molar-refractivity contribution is -0.127. The Morgan fingerprint density at radius 1 is 1.04 bits per heavy atom. The monoisotopic (exact) mass is 400 g/mol. The molecule has 0 aromatic heterocycles. The van der Waals surface area contributed by atoms with E-state index in [-0.39, 0.29) is 29.3 Å². The number of sulfonamides is 1. The Hall–Kier alpha value is -2.38. The number of nitrogens with one attached hydrogen (secondary N) is 1. The van der Waals surface area contributed by atoms with Crippen molar-refractivity contribution >= 4 is 15.9 Å². The highest BCUT2D eigenvalue weighted by Crippen LogP contribution is 2.32. The second kappa shape index (κ2) is 7.93. The van der Waals surface area contributed by atoms with E-state index in [1.165, 1.54) is 4.31 Å². The lowest BCUT2D eigenvalue weighted by Crippen LogP contribution is -2.46. The van der Waals surface area contributed by atoms with Gasteiger partial charge in [-0.05, 0) is 31.0 Å². The summed E-state index contributed by atoms with van der Waals surface area (Å²) < 4.78 is 32.9. The lowest BCUT2D eigenvalue weighted by atomic mass is 9.96. The standard InChI is InChI=1S/C21H24N2O4S/c24-21(22-19-12-14-27-20-11-5-4-10-18(19)20)16-7-6-13-23(15-16)28(25,26)17-8-2-1-3-9-17/h1-5,8-11,16,19H,6-7,12-15H2,(H,22,24)/t16-,19-/m1/s1. The fraction of sp³-hybridized carbons (Fsp3) is 0.381. The first-order valence-electron chi connectivity index (χ1n) is 9.63. The van der Waals surface area contributed by atoms with Gasteiger partial charge in [0.15, 0.2) is 0 Å². The fourth-order valence-electron chi connectivity index (χ4n) is 3.90. The normalized spacial score (nSPS) is 22.7. The first kappa shape index (κ1) is 19.0. The van der Waals surface area contributed by atoms with Gasteiger partial charge in [-0.15, -0.1) is 0 Å². The van der Waals surface area contributed by atoms with Crippen molar-refractivity contribution in [2.45, 2.75) is 30.2 Å². The number of carbonyl (C=O) groups is 1. The molecule has 0 bridgehead atoms. The fourth-order valence-corrected chi connectivity index (χ4v) is 5.44. The quantitative estimate of drug-likeness (QED) is 0.856. The van der Waals surface area contributed by atoms with Crippen LogP contribution in [0.15, 0.2) is 59.5 Å². The predicted octanol–water partition coefficient (Wildman–Crippen LogP) is 2.73. The molecule has 1 fully saturated rings. The summed E-state index contributed by atoms with van der Waals surface area (Å²) in [7, 11) is -3.58. The highest BCUT2D eigenvalue weighted by atomic mass is 32.2. The number of nitrogens with zero attached hydrogens (tertiary/aromatic N) is 1. The molecule has 0 spiro atoms. The first-order chi connectivity index (χ1) is 13.6. The van der Waals surface area contributed by atoms with E-state index < -0.39 is 10.0 Å². The van der Waals surface area contributed by atoms with Crippen LogP contribution in [0.2, 0.25) is 0 Å². The summed E-state index contributed by atoms with van der Waals surface area (Å²) in [5.74, 6) is 0.368. The zero-order chi connectivity index (χ0) is 19.6. The maximum Gasteiger partial charge on any atom is 0.243 e. The summed E-state index contributed by atoms with van der Waals surface area (Å²) in [5, 5.41) is 3.12. The second-order valence-electron chi connectivity index (χ2n) is 7.25. The van der Waals surface area contributed by atoms with Crippen LogP contribution in [-0.2, 0) is 14.8 Å². The number of rotatable bonds is 4. The summed E-state index contributed by atoms with van der Waals surface area (Å²) in [5.41, 5.74) is 0.978. The van der Waals surface area contributed by atoms with Crippen molar-refractivity contribution in [2.24, 2.45) is 5.92 Å². The minimum absolute atomic E-state index is 0.0883. The minimum atomic E-state index is -3.58. The van der Waals surface area contributed by atoms with Crippen LogP contribution >= 0.6 is 0 Å². The summed E-state index contributed by atoms with van der Waals surface area (Å²) in [4.78, 5) is 13.2. The third-order valence-electron chi connectivity index (χ3n) is 5.41. The van der Waals surface area contributed by atoms with Crippen LogP contribution < -0.4 is 10.1 Å². The molecular weight excluding hydrogens is 376 g/mol. The van der Waals surface area contributed by atoms with Crippen molar-refractivity contribution < 1.29 is 17.9 Å². The molecular formula is C21H24N2O4S. The van der Waals surface area contributed by atoms with Crippen molar-refractivity contribution in [3.05, 3.63) is 60.2 Å². The van der Waals surface area contributed by atoms with E-state index in [0.717, 1.165) is 11.3 Å². The molecule has 2 atom stereocenters. The molecule has 1 saturated heterocycles. The molecule has 4 rings (SSSR count). The number of amides is 1. The Morgan fingerprint density at radius 3 is 2.61 bits per heavy atom. The van der Waals surface area contributed by atoms with Crippen LogP contribution in [0.5, 0.6) is 5.75 Å². The number of ether oxygens (including phenoxy) is 1. The van der Waals surface area contributed by atoms with Gasteiger partial charge in [0, 0.05) is 25.1 Å². The second-order valence-corrected chi connectivity index (χ2v) is 9.19. The highest BCUT2D eigenvalue weighted by molar-refractivity contribution is 7.89. The van der Waals surface area contributed by atoms with Crippen molar-refractivity contribution in [3.8, 4) is 5.75 Å². The number of hydrogen-bond donors (Lipinski definition) is 1. The van der Waals surface area contributed by atoms with E-state index >= 15 is 0 Å². The van der Waals surface area contributed by atoms with Crippen LogP contribution in [0.1, 0.15) is 30.9 Å². The Balaban J connectivity index is 1.46. The topological polar surface area (TPSA) is 75.7 Å². The molecule has 2 aromatic carbocycles. The molecule has 2 aromatic rings. The number of piperidine rings is 1. The summed E-state index contributed by atoms with van der Waals surface area (Å²) in [6.07, 6.45) is 2.08. The third-order valence-corrected chi connectivity index (χ3v) is 7.29. The van der Waals surface area contributed by atoms with Crippen molar-refractivity contribution in [2.75, 3.05) is 19.7 Å². The molecule has 0 aliphatic carbocycles. The molecule has 2 aliphatic rings. The molecule has 0 saturated carbocycles. The van der Waals surface area contributed by atoms with E-state index in [4.69, 9.17) is 4.74 Å². The number of carbonyl (C=O) groups excluding carboxylic acids is 1. The lowest BCUT2D eigenvalue weighted by Gasteiger charge is -2.33. The average Bonchev–Trinajstić information content (AvgIpc) is 2.75. The van der Waals surface area contributed by atoms with Crippen LogP contribution in [-0.4, -0.2) is 38.3 Å². The molecule has 7 heteroatoms. The van der Waals surface area contributed by atoms with E-state index in [1.807, 2.05) is 24.3 Å². The van der Waals surface area contributed by atoms with E-state index in [1.54, 1.807) is 30.3 Å². The van der Waals surface area contributed by atoms with Gasteiger partial charge in [-0.25, -0.2) is 8.42 Å². The van der Waals surface area contributed by atoms with Gasteiger partial charge in [-0.1, -0.05) is 36.4 Å². The van der Waals surface area contributed by atoms with Crippen LogP contribution in [0.25, 0.3) is 0 Å². The van der Waals surface area contributed by atoms with E-state index in [0.29, 0.717) is 32.4 Å². The predicted molar refractivity (Wildman–Crippen MR) is 105 cm³/mol. The molecule has 2 heterocycles. The van der Waals surface area contributed by atoms with Gasteiger partial charge in [0.1, 0.15) is 5.75 Å². The van der Waals surface area contributed by atoms with Gasteiger partial charge in [-0.3, -0.25) is 4.79 Å². The van der Waals surface area contributed by atoms with Crippen molar-refractivity contribution in [1.29, 1.82) is 0 Å². The van der Waals surface area contributed by atoms with Crippen molar-refractivity contribution in [3.63, 3.8) is 0 Å². The van der Waals surface area contributed by atoms with Crippen LogP contribution in [0.3, 0.4) is 0 Å². The molecule has 0 radical (unpaired) electrons. The Kier molecular flexibility index (Phi) is 5.37. The molecule has 1 amide bonds. The van der Waals surface area contributed by atoms with E-state index in [9.17, 15) is 13.2 Å². The molecule has 28 heavy (non-hydrogen) atoms. The summed E-state index contributed by atoms with van der Waals surface area (Å²) in [6, 6.07) is 16.0. The van der Waals surface area contributed by atoms with Crippen molar-refractivity contribution in [1.82, 2.24) is 9.62 Å². The Bertz CT molecular complexity index is 946. The number of hydrogen-bond acceptors (Lipinski definition) is 4. The SMILES string of the molecule is O=C(N[C@@H]1CCOc2ccccc21)[C@@H]1CCCN(S(=O)(=O)c2ccccc2)C1. The first-order valence-corrected chi connectivity index (χ1v) is 11.1. The molecule has 2 aliphatic heterocycles. The largest absolute Gasteiger partial charge is 0.493 e. The number of benzene rings is 2. The smallest absolute Gasteiger partial charge is 0.243 e. The molecule has 148 valence electrons. The van der Waals surface area contributed by atoms with Crippen LogP contribution in [0, 0.1) is 5.92 Å². The van der Waals surface area contributed by atoms with Gasteiger partial charge in [0.25, 0.3) is 0 Å². The zero-order valence-electron chi connectivity index (χ0n) is 15.6. The maximum atomic E-state index is 12.9.